The average Bonchev–Trinajstić information content (AvgIpc) is 2.30. The molecule has 92 valence electrons. The van der Waals surface area contributed by atoms with E-state index in [4.69, 9.17) is 9.47 Å². The molecule has 0 saturated heterocycles. The molecule has 0 saturated carbocycles. The Kier molecular flexibility index (Phi) is 12.2. The highest BCUT2D eigenvalue weighted by molar-refractivity contribution is 7.97. The van der Waals surface area contributed by atoms with E-state index in [0.29, 0.717) is 24.1 Å². The van der Waals surface area contributed by atoms with Crippen LogP contribution in [0.15, 0.2) is 38.0 Å². The van der Waals surface area contributed by atoms with E-state index in [0.717, 1.165) is 30.5 Å². The van der Waals surface area contributed by atoms with Crippen molar-refractivity contribution in [3.8, 4) is 0 Å². The molecule has 0 amide bonds. The number of hydrogen-bond acceptors (Lipinski definition) is 2. The van der Waals surface area contributed by atoms with Gasteiger partial charge in [-0.3, -0.25) is 0 Å². The van der Waals surface area contributed by atoms with Gasteiger partial charge in [0.25, 0.3) is 0 Å². The van der Waals surface area contributed by atoms with Crippen LogP contribution in [0.1, 0.15) is 0 Å². The first-order valence-corrected chi connectivity index (χ1v) is 7.20. The SMILES string of the molecule is C=CCOCC[S+](CC=C)CCOCC=C. The molecule has 0 atom stereocenters. The van der Waals surface area contributed by atoms with Crippen LogP contribution < -0.4 is 0 Å². The first-order valence-electron chi connectivity index (χ1n) is 5.47. The van der Waals surface area contributed by atoms with Gasteiger partial charge in [-0.2, -0.15) is 0 Å². The molecule has 0 aromatic rings. The Balaban J connectivity index is 3.56. The fraction of sp³-hybridized carbons (Fsp3) is 0.538. The van der Waals surface area contributed by atoms with E-state index in [9.17, 15) is 0 Å². The molecule has 16 heavy (non-hydrogen) atoms. The van der Waals surface area contributed by atoms with Crippen molar-refractivity contribution in [2.24, 2.45) is 0 Å². The maximum atomic E-state index is 5.38. The first kappa shape index (κ1) is 15.5. The summed E-state index contributed by atoms with van der Waals surface area (Å²) in [6, 6.07) is 0. The molecule has 0 fully saturated rings. The summed E-state index contributed by atoms with van der Waals surface area (Å²) in [6.07, 6.45) is 5.53. The van der Waals surface area contributed by atoms with E-state index in [2.05, 4.69) is 19.7 Å². The smallest absolute Gasteiger partial charge is 0.131 e. The Morgan fingerprint density at radius 1 is 0.812 bits per heavy atom. The van der Waals surface area contributed by atoms with Crippen molar-refractivity contribution in [1.82, 2.24) is 0 Å². The zero-order chi connectivity index (χ0) is 12.1. The van der Waals surface area contributed by atoms with E-state index in [1.807, 2.05) is 6.08 Å². The summed E-state index contributed by atoms with van der Waals surface area (Å²) in [5.74, 6) is 3.21. The lowest BCUT2D eigenvalue weighted by Gasteiger charge is -2.07. The van der Waals surface area contributed by atoms with Crippen molar-refractivity contribution in [2.75, 3.05) is 43.7 Å². The highest BCUT2D eigenvalue weighted by atomic mass is 32.2. The summed E-state index contributed by atoms with van der Waals surface area (Å²) in [4.78, 5) is 0. The minimum absolute atomic E-state index is 0.332. The molecule has 0 bridgehead atoms. The van der Waals surface area contributed by atoms with Gasteiger partial charge in [0, 0.05) is 0 Å². The zero-order valence-corrected chi connectivity index (χ0v) is 10.8. The largest absolute Gasteiger partial charge is 0.373 e. The Morgan fingerprint density at radius 2 is 1.31 bits per heavy atom. The van der Waals surface area contributed by atoms with Gasteiger partial charge in [0.2, 0.25) is 0 Å². The highest BCUT2D eigenvalue weighted by Crippen LogP contribution is 1.99. The Labute approximate surface area is 102 Å². The summed E-state index contributed by atoms with van der Waals surface area (Å²) in [5, 5.41) is 0. The van der Waals surface area contributed by atoms with Crippen molar-refractivity contribution in [1.29, 1.82) is 0 Å². The van der Waals surface area contributed by atoms with Crippen molar-refractivity contribution in [3.63, 3.8) is 0 Å². The molecular formula is C13H23O2S+. The van der Waals surface area contributed by atoms with Crippen molar-refractivity contribution in [3.05, 3.63) is 38.0 Å². The van der Waals surface area contributed by atoms with Gasteiger partial charge in [0.05, 0.1) is 26.4 Å². The van der Waals surface area contributed by atoms with Crippen LogP contribution >= 0.6 is 0 Å². The van der Waals surface area contributed by atoms with Gasteiger partial charge in [0.1, 0.15) is 17.3 Å². The van der Waals surface area contributed by atoms with Crippen LogP contribution in [-0.2, 0) is 20.4 Å². The predicted molar refractivity (Wildman–Crippen MR) is 74.2 cm³/mol. The van der Waals surface area contributed by atoms with Crippen molar-refractivity contribution in [2.45, 2.75) is 0 Å². The van der Waals surface area contributed by atoms with Crippen LogP contribution in [0.25, 0.3) is 0 Å². The summed E-state index contributed by atoms with van der Waals surface area (Å²) in [7, 11) is 0.332. The van der Waals surface area contributed by atoms with Crippen LogP contribution in [0, 0.1) is 0 Å². The van der Waals surface area contributed by atoms with Crippen LogP contribution in [0.4, 0.5) is 0 Å². The van der Waals surface area contributed by atoms with Gasteiger partial charge in [0.15, 0.2) is 0 Å². The molecule has 0 aliphatic heterocycles. The Morgan fingerprint density at radius 3 is 1.69 bits per heavy atom. The molecule has 0 heterocycles. The van der Waals surface area contributed by atoms with Gasteiger partial charge >= 0.3 is 0 Å². The van der Waals surface area contributed by atoms with E-state index in [1.54, 1.807) is 12.2 Å². The first-order chi connectivity index (χ1) is 7.85. The van der Waals surface area contributed by atoms with Crippen molar-refractivity contribution >= 4 is 10.9 Å². The molecule has 0 radical (unpaired) electrons. The second-order valence-corrected chi connectivity index (χ2v) is 5.58. The van der Waals surface area contributed by atoms with E-state index in [1.165, 1.54) is 0 Å². The lowest BCUT2D eigenvalue weighted by Crippen LogP contribution is -2.22. The van der Waals surface area contributed by atoms with E-state index >= 15 is 0 Å². The number of ether oxygens (including phenoxy) is 2. The van der Waals surface area contributed by atoms with Crippen LogP contribution in [-0.4, -0.2) is 43.7 Å². The van der Waals surface area contributed by atoms with Crippen LogP contribution in [0.5, 0.6) is 0 Å². The Bertz CT molecular complexity index is 176. The van der Waals surface area contributed by atoms with Crippen LogP contribution in [0.2, 0.25) is 0 Å². The molecule has 0 aliphatic carbocycles. The van der Waals surface area contributed by atoms with Crippen molar-refractivity contribution < 1.29 is 9.47 Å². The molecule has 0 spiro atoms. The minimum Gasteiger partial charge on any atom is -0.373 e. The predicted octanol–water partition coefficient (Wildman–Crippen LogP) is 2.20. The molecule has 0 aromatic carbocycles. The summed E-state index contributed by atoms with van der Waals surface area (Å²) < 4.78 is 10.8. The molecule has 0 rings (SSSR count). The monoisotopic (exact) mass is 243 g/mol. The van der Waals surface area contributed by atoms with Gasteiger partial charge < -0.3 is 9.47 Å². The second kappa shape index (κ2) is 12.6. The summed E-state index contributed by atoms with van der Waals surface area (Å²) >= 11 is 0. The average molecular weight is 243 g/mol. The van der Waals surface area contributed by atoms with Crippen LogP contribution in [0.3, 0.4) is 0 Å². The maximum absolute atomic E-state index is 5.38. The third-order valence-corrected chi connectivity index (χ3v) is 4.05. The maximum Gasteiger partial charge on any atom is 0.131 e. The standard InChI is InChI=1S/C13H23O2S/c1-4-7-14-9-12-16(11-6-3)13-10-15-8-5-2/h4-6H,1-3,7-13H2/q+1. The van der Waals surface area contributed by atoms with Gasteiger partial charge in [-0.25, -0.2) is 0 Å². The minimum atomic E-state index is 0.332. The quantitative estimate of drug-likeness (QED) is 0.297. The second-order valence-electron chi connectivity index (χ2n) is 3.20. The number of rotatable bonds is 12. The molecule has 3 heteroatoms. The van der Waals surface area contributed by atoms with Gasteiger partial charge in [-0.15, -0.1) is 13.2 Å². The van der Waals surface area contributed by atoms with Gasteiger partial charge in [-0.05, 0) is 17.0 Å². The summed E-state index contributed by atoms with van der Waals surface area (Å²) in [5.41, 5.74) is 0. The molecular weight excluding hydrogens is 220 g/mol. The third kappa shape index (κ3) is 10.0. The molecule has 2 nitrogen and oxygen atoms in total. The van der Waals surface area contributed by atoms with E-state index < -0.39 is 0 Å². The fourth-order valence-corrected chi connectivity index (χ4v) is 2.70. The molecule has 0 aliphatic rings. The zero-order valence-electron chi connectivity index (χ0n) is 10.0. The third-order valence-electron chi connectivity index (χ3n) is 1.86. The Hall–Kier alpha value is -0.510. The lowest BCUT2D eigenvalue weighted by atomic mass is 10.7. The molecule has 0 N–H and O–H groups in total. The normalized spacial score (nSPS) is 10.3. The fourth-order valence-electron chi connectivity index (χ4n) is 1.12. The molecule has 0 unspecified atom stereocenters. The lowest BCUT2D eigenvalue weighted by molar-refractivity contribution is 0.176. The summed E-state index contributed by atoms with van der Waals surface area (Å²) in [6.45, 7) is 13.9. The van der Waals surface area contributed by atoms with E-state index in [-0.39, 0.29) is 0 Å². The van der Waals surface area contributed by atoms with Gasteiger partial charge in [-0.1, -0.05) is 18.7 Å². The molecule has 0 aromatic heterocycles. The highest BCUT2D eigenvalue weighted by Gasteiger charge is 2.15. The topological polar surface area (TPSA) is 18.5 Å². The number of hydrogen-bond donors (Lipinski definition) is 0.